The number of aliphatic hydroxyl groups excluding tert-OH is 1. The van der Waals surface area contributed by atoms with Gasteiger partial charge in [-0.25, -0.2) is 4.39 Å². The van der Waals surface area contributed by atoms with Gasteiger partial charge in [-0.15, -0.1) is 24.0 Å². The van der Waals surface area contributed by atoms with Gasteiger partial charge in [-0.2, -0.15) is 0 Å². The Hall–Kier alpha value is -0.930. The minimum absolute atomic E-state index is 0. The molecule has 0 aromatic heterocycles. The largest absolute Gasteiger partial charge is 0.386 e. The van der Waals surface area contributed by atoms with Crippen molar-refractivity contribution in [3.05, 3.63) is 35.6 Å². The molecule has 1 atom stereocenters. The predicted molar refractivity (Wildman–Crippen MR) is 116 cm³/mol. The Bertz CT molecular complexity index is 562. The second kappa shape index (κ2) is 11.7. The molecule has 1 aromatic rings. The van der Waals surface area contributed by atoms with E-state index >= 15 is 0 Å². The SMILES string of the molecule is CCNC(=NCC(O)c1ccccc1F)N1CCN(CC(C)C)CC1.I. The van der Waals surface area contributed by atoms with E-state index in [2.05, 4.69) is 34.0 Å². The van der Waals surface area contributed by atoms with Gasteiger partial charge < -0.3 is 15.3 Å². The van der Waals surface area contributed by atoms with E-state index < -0.39 is 11.9 Å². The summed E-state index contributed by atoms with van der Waals surface area (Å²) in [5, 5.41) is 13.5. The van der Waals surface area contributed by atoms with Crippen molar-refractivity contribution in [2.24, 2.45) is 10.9 Å². The molecule has 1 aliphatic rings. The molecule has 5 nitrogen and oxygen atoms in total. The highest BCUT2D eigenvalue weighted by atomic mass is 127. The maximum absolute atomic E-state index is 13.8. The Balaban J connectivity index is 0.00000338. The van der Waals surface area contributed by atoms with Crippen LogP contribution in [0.1, 0.15) is 32.4 Å². The van der Waals surface area contributed by atoms with E-state index in [0.717, 1.165) is 45.2 Å². The Morgan fingerprint density at radius 1 is 1.23 bits per heavy atom. The van der Waals surface area contributed by atoms with Crippen LogP contribution in [0.3, 0.4) is 0 Å². The van der Waals surface area contributed by atoms with Crippen LogP contribution < -0.4 is 5.32 Å². The summed E-state index contributed by atoms with van der Waals surface area (Å²) in [4.78, 5) is 9.22. The van der Waals surface area contributed by atoms with Crippen molar-refractivity contribution in [2.45, 2.75) is 26.9 Å². The molecule has 0 radical (unpaired) electrons. The quantitative estimate of drug-likeness (QED) is 0.375. The zero-order valence-electron chi connectivity index (χ0n) is 16.0. The van der Waals surface area contributed by atoms with Crippen LogP contribution in [0.15, 0.2) is 29.3 Å². The molecule has 26 heavy (non-hydrogen) atoms. The molecule has 0 amide bonds. The molecule has 0 saturated carbocycles. The van der Waals surface area contributed by atoms with Gasteiger partial charge in [0.25, 0.3) is 0 Å². The van der Waals surface area contributed by atoms with Crippen LogP contribution >= 0.6 is 24.0 Å². The van der Waals surface area contributed by atoms with Crippen LogP contribution in [-0.4, -0.2) is 66.7 Å². The first-order chi connectivity index (χ1) is 12.0. The lowest BCUT2D eigenvalue weighted by atomic mass is 10.1. The fourth-order valence-corrected chi connectivity index (χ4v) is 3.10. The van der Waals surface area contributed by atoms with E-state index in [4.69, 9.17) is 0 Å². The van der Waals surface area contributed by atoms with Crippen LogP contribution in [0, 0.1) is 11.7 Å². The van der Waals surface area contributed by atoms with Crippen molar-refractivity contribution in [3.63, 3.8) is 0 Å². The van der Waals surface area contributed by atoms with Gasteiger partial charge in [0.1, 0.15) is 11.9 Å². The normalized spacial score (nSPS) is 17.2. The number of aliphatic imine (C=N–C) groups is 1. The van der Waals surface area contributed by atoms with Crippen molar-refractivity contribution in [1.29, 1.82) is 0 Å². The highest BCUT2D eigenvalue weighted by Crippen LogP contribution is 2.17. The van der Waals surface area contributed by atoms with Crippen LogP contribution in [0.5, 0.6) is 0 Å². The number of halogens is 2. The van der Waals surface area contributed by atoms with Gasteiger partial charge in [-0.1, -0.05) is 32.0 Å². The molecule has 2 rings (SSSR count). The van der Waals surface area contributed by atoms with E-state index in [1.165, 1.54) is 6.07 Å². The smallest absolute Gasteiger partial charge is 0.194 e. The van der Waals surface area contributed by atoms with E-state index in [-0.39, 0.29) is 30.5 Å². The summed E-state index contributed by atoms with van der Waals surface area (Å²) in [6.45, 7) is 12.4. The average molecular weight is 478 g/mol. The molecular formula is C19H32FIN4O. The van der Waals surface area contributed by atoms with Crippen LogP contribution in [0.4, 0.5) is 4.39 Å². The summed E-state index contributed by atoms with van der Waals surface area (Å²) in [6.07, 6.45) is -0.933. The van der Waals surface area contributed by atoms with E-state index in [1.54, 1.807) is 18.2 Å². The molecule has 1 unspecified atom stereocenters. The first kappa shape index (κ1) is 23.1. The third-order valence-electron chi connectivity index (χ3n) is 4.31. The Morgan fingerprint density at radius 3 is 2.46 bits per heavy atom. The van der Waals surface area contributed by atoms with Gasteiger partial charge in [0.15, 0.2) is 5.96 Å². The number of nitrogens with one attached hydrogen (secondary N) is 1. The van der Waals surface area contributed by atoms with Crippen molar-refractivity contribution < 1.29 is 9.50 Å². The van der Waals surface area contributed by atoms with Crippen LogP contribution in [0.25, 0.3) is 0 Å². The van der Waals surface area contributed by atoms with Gasteiger partial charge in [0, 0.05) is 44.8 Å². The summed E-state index contributed by atoms with van der Waals surface area (Å²) in [5.74, 6) is 1.07. The van der Waals surface area contributed by atoms with E-state index in [1.807, 2.05) is 6.92 Å². The third-order valence-corrected chi connectivity index (χ3v) is 4.31. The second-order valence-corrected chi connectivity index (χ2v) is 6.91. The molecule has 7 heteroatoms. The van der Waals surface area contributed by atoms with Gasteiger partial charge in [-0.3, -0.25) is 9.89 Å². The van der Waals surface area contributed by atoms with Crippen LogP contribution in [-0.2, 0) is 0 Å². The first-order valence-corrected chi connectivity index (χ1v) is 9.19. The molecule has 2 N–H and O–H groups in total. The molecule has 1 fully saturated rings. The minimum atomic E-state index is -0.933. The maximum atomic E-state index is 13.8. The summed E-state index contributed by atoms with van der Waals surface area (Å²) < 4.78 is 13.8. The summed E-state index contributed by atoms with van der Waals surface area (Å²) >= 11 is 0. The van der Waals surface area contributed by atoms with E-state index in [0.29, 0.717) is 11.5 Å². The van der Waals surface area contributed by atoms with Crippen LogP contribution in [0.2, 0.25) is 0 Å². The Morgan fingerprint density at radius 2 is 1.88 bits per heavy atom. The number of guanidine groups is 1. The summed E-state index contributed by atoms with van der Waals surface area (Å²) in [5.41, 5.74) is 0.295. The highest BCUT2D eigenvalue weighted by Gasteiger charge is 2.20. The number of rotatable bonds is 6. The molecule has 1 heterocycles. The molecule has 0 spiro atoms. The molecule has 1 saturated heterocycles. The molecular weight excluding hydrogens is 446 g/mol. The maximum Gasteiger partial charge on any atom is 0.194 e. The van der Waals surface area contributed by atoms with Crippen molar-refractivity contribution in [2.75, 3.05) is 45.8 Å². The number of nitrogens with zero attached hydrogens (tertiary/aromatic N) is 3. The molecule has 148 valence electrons. The number of hydrogen-bond donors (Lipinski definition) is 2. The lowest BCUT2D eigenvalue weighted by Gasteiger charge is -2.37. The number of benzene rings is 1. The monoisotopic (exact) mass is 478 g/mol. The molecule has 0 aliphatic carbocycles. The number of piperazine rings is 1. The topological polar surface area (TPSA) is 51.1 Å². The average Bonchev–Trinajstić information content (AvgIpc) is 2.59. The van der Waals surface area contributed by atoms with Gasteiger partial charge in [0.2, 0.25) is 0 Å². The van der Waals surface area contributed by atoms with Crippen molar-refractivity contribution in [1.82, 2.24) is 15.1 Å². The Kier molecular flexibility index (Phi) is 10.4. The number of hydrogen-bond acceptors (Lipinski definition) is 3. The lowest BCUT2D eigenvalue weighted by Crippen LogP contribution is -2.53. The molecule has 1 aliphatic heterocycles. The van der Waals surface area contributed by atoms with Crippen molar-refractivity contribution >= 4 is 29.9 Å². The fraction of sp³-hybridized carbons (Fsp3) is 0.632. The second-order valence-electron chi connectivity index (χ2n) is 6.91. The Labute approximate surface area is 173 Å². The van der Waals surface area contributed by atoms with Gasteiger partial charge in [-0.05, 0) is 18.9 Å². The number of aliphatic hydroxyl groups is 1. The highest BCUT2D eigenvalue weighted by molar-refractivity contribution is 14.0. The summed E-state index contributed by atoms with van der Waals surface area (Å²) in [7, 11) is 0. The van der Waals surface area contributed by atoms with Gasteiger partial charge >= 0.3 is 0 Å². The third kappa shape index (κ3) is 7.00. The van der Waals surface area contributed by atoms with Gasteiger partial charge in [0.05, 0.1) is 6.54 Å². The molecule has 1 aromatic carbocycles. The van der Waals surface area contributed by atoms with E-state index in [9.17, 15) is 9.50 Å². The zero-order chi connectivity index (χ0) is 18.2. The first-order valence-electron chi connectivity index (χ1n) is 9.19. The fourth-order valence-electron chi connectivity index (χ4n) is 3.10. The standard InChI is InChI=1S/C19H31FN4O.HI/c1-4-21-19(24-11-9-23(10-12-24)14-15(2)3)22-13-18(25)16-7-5-6-8-17(16)20;/h5-8,15,18,25H,4,9-14H2,1-3H3,(H,21,22);1H. The lowest BCUT2D eigenvalue weighted by molar-refractivity contribution is 0.161. The molecule has 0 bridgehead atoms. The zero-order valence-corrected chi connectivity index (χ0v) is 18.3. The van der Waals surface area contributed by atoms with Crippen molar-refractivity contribution in [3.8, 4) is 0 Å². The minimum Gasteiger partial charge on any atom is -0.386 e. The predicted octanol–water partition coefficient (Wildman–Crippen LogP) is 2.72. The summed E-state index contributed by atoms with van der Waals surface area (Å²) in [6, 6.07) is 6.31.